The van der Waals surface area contributed by atoms with Crippen LogP contribution in [0.2, 0.25) is 0 Å². The quantitative estimate of drug-likeness (QED) is 0.341. The van der Waals surface area contributed by atoms with E-state index in [9.17, 15) is 4.79 Å². The van der Waals surface area contributed by atoms with Gasteiger partial charge in [-0.3, -0.25) is 4.79 Å². The fraction of sp³-hybridized carbons (Fsp3) is 0.273. The number of carbonyl (C=O) groups is 2. The lowest BCUT2D eigenvalue weighted by atomic mass is 10.4. The number of rotatable bonds is 1. The van der Waals surface area contributed by atoms with E-state index in [1.54, 1.807) is 0 Å². The Morgan fingerprint density at radius 2 is 2.00 bits per heavy atom. The lowest BCUT2D eigenvalue weighted by molar-refractivity contribution is -0.139. The van der Waals surface area contributed by atoms with Gasteiger partial charge in [-0.15, -0.1) is 6.42 Å². The number of ether oxygens (including phenoxy) is 1. The van der Waals surface area contributed by atoms with Crippen LogP contribution < -0.4 is 0 Å². The Bertz CT molecular complexity index is 326. The van der Waals surface area contributed by atoms with Gasteiger partial charge in [-0.05, 0) is 30.6 Å². The third-order valence-corrected chi connectivity index (χ3v) is 0.746. The molecule has 0 radical (unpaired) electrons. The molecule has 0 N–H and O–H groups in total. The van der Waals surface area contributed by atoms with Crippen LogP contribution in [-0.4, -0.2) is 19.4 Å². The Hall–Kier alpha value is -2.18. The molecule has 3 nitrogen and oxygen atoms in total. The van der Waals surface area contributed by atoms with E-state index >= 15 is 0 Å². The Morgan fingerprint density at radius 3 is 2.43 bits per heavy atom. The molecule has 0 amide bonds. The van der Waals surface area contributed by atoms with Crippen molar-refractivity contribution in [3.05, 3.63) is 0 Å². The van der Waals surface area contributed by atoms with Crippen molar-refractivity contribution >= 4 is 12.3 Å². The van der Waals surface area contributed by atoms with Gasteiger partial charge in [0.2, 0.25) is 0 Å². The summed E-state index contributed by atoms with van der Waals surface area (Å²) in [4.78, 5) is 19.2. The molecule has 0 aromatic heterocycles. The molecule has 0 aliphatic carbocycles. The standard InChI is InChI=1S/C9H6O2.C2H4O/c1-3-4-5-6-7-8-9(10)11-2;1-2-3/h1H,8H2,2H3;2H,1H3. The number of methoxy groups -OCH3 is 1. The lowest BCUT2D eigenvalue weighted by Crippen LogP contribution is -1.96. The maximum Gasteiger partial charge on any atom is 0.317 e. The Balaban J connectivity index is 0. The second-order valence-electron chi connectivity index (χ2n) is 1.68. The third kappa shape index (κ3) is 16.4. The first-order valence-corrected chi connectivity index (χ1v) is 3.63. The van der Waals surface area contributed by atoms with Crippen LogP contribution in [0.1, 0.15) is 13.3 Å². The maximum absolute atomic E-state index is 10.4. The molecule has 0 saturated carbocycles. The molecule has 14 heavy (non-hydrogen) atoms. The molecule has 0 atom stereocenters. The van der Waals surface area contributed by atoms with Crippen LogP contribution in [0.4, 0.5) is 0 Å². The number of esters is 1. The monoisotopic (exact) mass is 190 g/mol. The van der Waals surface area contributed by atoms with E-state index in [1.165, 1.54) is 14.0 Å². The van der Waals surface area contributed by atoms with E-state index in [-0.39, 0.29) is 12.4 Å². The zero-order chi connectivity index (χ0) is 11.2. The molecule has 0 rings (SSSR count). The third-order valence-electron chi connectivity index (χ3n) is 0.746. The number of hydrogen-bond donors (Lipinski definition) is 0. The first-order chi connectivity index (χ1) is 6.72. The van der Waals surface area contributed by atoms with Crippen LogP contribution in [0.5, 0.6) is 0 Å². The summed E-state index contributed by atoms with van der Waals surface area (Å²) in [6, 6.07) is 0. The zero-order valence-corrected chi connectivity index (χ0v) is 8.09. The van der Waals surface area contributed by atoms with Crippen molar-refractivity contribution in [1.29, 1.82) is 0 Å². The molecule has 72 valence electrons. The molecule has 0 aromatic rings. The van der Waals surface area contributed by atoms with Crippen molar-refractivity contribution < 1.29 is 14.3 Å². The summed E-state index contributed by atoms with van der Waals surface area (Å²) in [5.74, 6) is 11.2. The highest BCUT2D eigenvalue weighted by atomic mass is 16.5. The average molecular weight is 190 g/mol. The van der Waals surface area contributed by atoms with Crippen LogP contribution in [0.15, 0.2) is 0 Å². The lowest BCUT2D eigenvalue weighted by Gasteiger charge is -1.87. The topological polar surface area (TPSA) is 43.4 Å². The van der Waals surface area contributed by atoms with E-state index in [4.69, 9.17) is 11.2 Å². The van der Waals surface area contributed by atoms with E-state index in [0.29, 0.717) is 0 Å². The number of aldehydes is 1. The fourth-order valence-corrected chi connectivity index (χ4v) is 0.300. The molecular formula is C11H10O3. The summed E-state index contributed by atoms with van der Waals surface area (Å²) >= 11 is 0. The molecule has 0 unspecified atom stereocenters. The molecule has 0 saturated heterocycles. The van der Waals surface area contributed by atoms with Gasteiger partial charge in [0.1, 0.15) is 12.7 Å². The molecule has 0 fully saturated rings. The zero-order valence-electron chi connectivity index (χ0n) is 8.09. The van der Waals surface area contributed by atoms with Crippen molar-refractivity contribution in [2.45, 2.75) is 13.3 Å². The molecule has 0 heterocycles. The Labute approximate surface area is 83.8 Å². The van der Waals surface area contributed by atoms with E-state index in [2.05, 4.69) is 34.3 Å². The van der Waals surface area contributed by atoms with Crippen molar-refractivity contribution in [1.82, 2.24) is 0 Å². The summed E-state index contributed by atoms with van der Waals surface area (Å²) in [7, 11) is 1.30. The van der Waals surface area contributed by atoms with Crippen LogP contribution >= 0.6 is 0 Å². The maximum atomic E-state index is 10.4. The number of hydrogen-bond acceptors (Lipinski definition) is 3. The average Bonchev–Trinajstić information content (AvgIpc) is 2.18. The van der Waals surface area contributed by atoms with Gasteiger partial charge >= 0.3 is 5.97 Å². The summed E-state index contributed by atoms with van der Waals surface area (Å²) in [6.45, 7) is 1.44. The molecule has 0 aromatic carbocycles. The summed E-state index contributed by atoms with van der Waals surface area (Å²) < 4.78 is 4.33. The second kappa shape index (κ2) is 13.4. The highest BCUT2D eigenvalue weighted by Gasteiger charge is 1.91. The summed E-state index contributed by atoms with van der Waals surface area (Å²) in [6.07, 6.45) is 5.62. The number of carbonyl (C=O) groups excluding carboxylic acids is 2. The predicted octanol–water partition coefficient (Wildman–Crippen LogP) is 0.395. The van der Waals surface area contributed by atoms with Crippen LogP contribution in [-0.2, 0) is 14.3 Å². The Morgan fingerprint density at radius 1 is 1.43 bits per heavy atom. The number of terminal acetylenes is 1. The van der Waals surface area contributed by atoms with Gasteiger partial charge in [0.25, 0.3) is 0 Å². The van der Waals surface area contributed by atoms with Crippen molar-refractivity contribution in [2.75, 3.05) is 7.11 Å². The minimum atomic E-state index is -0.375. The van der Waals surface area contributed by atoms with Gasteiger partial charge in [-0.2, -0.15) is 0 Å². The van der Waals surface area contributed by atoms with Gasteiger partial charge in [-0.1, -0.05) is 5.92 Å². The van der Waals surface area contributed by atoms with Crippen LogP contribution in [0.3, 0.4) is 0 Å². The highest BCUT2D eigenvalue weighted by Crippen LogP contribution is 1.78. The minimum absolute atomic E-state index is 0.0513. The van der Waals surface area contributed by atoms with Gasteiger partial charge in [-0.25, -0.2) is 0 Å². The molecular weight excluding hydrogens is 180 g/mol. The first-order valence-electron chi connectivity index (χ1n) is 3.63. The van der Waals surface area contributed by atoms with Crippen molar-refractivity contribution in [3.8, 4) is 36.0 Å². The second-order valence-corrected chi connectivity index (χ2v) is 1.68. The minimum Gasteiger partial charge on any atom is -0.468 e. The normalized spacial score (nSPS) is 5.50. The molecule has 0 bridgehead atoms. The fourth-order valence-electron chi connectivity index (χ4n) is 0.300. The molecule has 0 spiro atoms. The van der Waals surface area contributed by atoms with Gasteiger partial charge < -0.3 is 9.53 Å². The van der Waals surface area contributed by atoms with Crippen molar-refractivity contribution in [3.63, 3.8) is 0 Å². The van der Waals surface area contributed by atoms with Gasteiger partial charge in [0.05, 0.1) is 7.11 Å². The summed E-state index contributed by atoms with van der Waals surface area (Å²) in [5.41, 5.74) is 0. The molecule has 3 heteroatoms. The smallest absolute Gasteiger partial charge is 0.317 e. The van der Waals surface area contributed by atoms with E-state index in [0.717, 1.165) is 6.29 Å². The van der Waals surface area contributed by atoms with Gasteiger partial charge in [0, 0.05) is 0 Å². The molecule has 0 aliphatic rings. The first kappa shape index (κ1) is 14.3. The summed E-state index contributed by atoms with van der Waals surface area (Å²) in [5, 5.41) is 0. The van der Waals surface area contributed by atoms with Crippen LogP contribution in [0, 0.1) is 36.0 Å². The SMILES string of the molecule is C#CC#CC#CCC(=O)OC.CC=O. The largest absolute Gasteiger partial charge is 0.468 e. The Kier molecular flexibility index (Phi) is 13.7. The highest BCUT2D eigenvalue weighted by molar-refractivity contribution is 5.72. The predicted molar refractivity (Wildman–Crippen MR) is 52.8 cm³/mol. The van der Waals surface area contributed by atoms with Crippen LogP contribution in [0.25, 0.3) is 0 Å². The van der Waals surface area contributed by atoms with Gasteiger partial charge in [0.15, 0.2) is 0 Å². The van der Waals surface area contributed by atoms with E-state index < -0.39 is 0 Å². The molecule has 0 aliphatic heterocycles. The van der Waals surface area contributed by atoms with Crippen molar-refractivity contribution in [2.24, 2.45) is 0 Å². The van der Waals surface area contributed by atoms with E-state index in [1.807, 2.05) is 0 Å².